The molecule has 1 atom stereocenters. The largest absolute Gasteiger partial charge is 0.322 e. The molecule has 0 aromatic heterocycles. The van der Waals surface area contributed by atoms with E-state index in [0.717, 1.165) is 6.07 Å². The number of anilines is 1. The van der Waals surface area contributed by atoms with Gasteiger partial charge < -0.3 is 11.1 Å². The zero-order valence-corrected chi connectivity index (χ0v) is 17.4. The van der Waals surface area contributed by atoms with Crippen LogP contribution in [-0.2, 0) is 14.8 Å². The lowest BCUT2D eigenvalue weighted by molar-refractivity contribution is -0.117. The maximum absolute atomic E-state index is 14.0. The molecule has 0 aliphatic carbocycles. The van der Waals surface area contributed by atoms with Crippen molar-refractivity contribution in [1.29, 1.82) is 0 Å². The van der Waals surface area contributed by atoms with E-state index in [1.807, 2.05) is 6.26 Å². The average molecular weight is 432 g/mol. The smallest absolute Gasteiger partial charge is 0.244 e. The minimum absolute atomic E-state index is 0. The SMILES string of the molecule is CSCC[C@H](N)C(=O)Nc1cc(S(=O)(=O)NC(C)(C)C)c(F)cc1F.Cl. The van der Waals surface area contributed by atoms with Gasteiger partial charge in [-0.2, -0.15) is 11.8 Å². The Morgan fingerprint density at radius 3 is 2.35 bits per heavy atom. The Morgan fingerprint density at radius 2 is 1.85 bits per heavy atom. The van der Waals surface area contributed by atoms with Gasteiger partial charge in [0.25, 0.3) is 0 Å². The predicted molar refractivity (Wildman–Crippen MR) is 103 cm³/mol. The first-order valence-electron chi connectivity index (χ1n) is 7.46. The molecular formula is C15H24ClF2N3O3S2. The van der Waals surface area contributed by atoms with E-state index in [1.54, 1.807) is 20.8 Å². The van der Waals surface area contributed by atoms with Crippen LogP contribution in [0.3, 0.4) is 0 Å². The predicted octanol–water partition coefficient (Wildman–Crippen LogP) is 2.48. The van der Waals surface area contributed by atoms with Crippen molar-refractivity contribution in [2.45, 2.75) is 43.7 Å². The van der Waals surface area contributed by atoms with Gasteiger partial charge in [-0.3, -0.25) is 4.79 Å². The summed E-state index contributed by atoms with van der Waals surface area (Å²) >= 11 is 1.50. The van der Waals surface area contributed by atoms with Gasteiger partial charge in [0.1, 0.15) is 16.5 Å². The Morgan fingerprint density at radius 1 is 1.27 bits per heavy atom. The third-order valence-electron chi connectivity index (χ3n) is 2.98. The first-order chi connectivity index (χ1) is 11.4. The Kier molecular flexibility index (Phi) is 9.48. The molecule has 150 valence electrons. The third kappa shape index (κ3) is 7.36. The number of halogens is 3. The molecule has 1 amide bonds. The summed E-state index contributed by atoms with van der Waals surface area (Å²) in [6, 6.07) is 0.280. The number of amides is 1. The summed E-state index contributed by atoms with van der Waals surface area (Å²) in [6.07, 6.45) is 2.22. The number of rotatable bonds is 7. The van der Waals surface area contributed by atoms with Gasteiger partial charge in [-0.05, 0) is 45.3 Å². The van der Waals surface area contributed by atoms with Crippen LogP contribution in [0.4, 0.5) is 14.5 Å². The minimum atomic E-state index is -4.24. The number of hydrogen-bond acceptors (Lipinski definition) is 5. The van der Waals surface area contributed by atoms with Crippen LogP contribution in [0.2, 0.25) is 0 Å². The second-order valence-electron chi connectivity index (χ2n) is 6.50. The fraction of sp³-hybridized carbons (Fsp3) is 0.533. The van der Waals surface area contributed by atoms with Gasteiger partial charge in [-0.15, -0.1) is 12.4 Å². The van der Waals surface area contributed by atoms with Crippen LogP contribution in [0.15, 0.2) is 17.0 Å². The molecule has 11 heteroatoms. The van der Waals surface area contributed by atoms with Gasteiger partial charge in [0.15, 0.2) is 0 Å². The summed E-state index contributed by atoms with van der Waals surface area (Å²) in [5, 5.41) is 2.21. The molecule has 1 aromatic rings. The molecule has 0 radical (unpaired) electrons. The molecule has 0 unspecified atom stereocenters. The maximum atomic E-state index is 14.0. The van der Waals surface area contributed by atoms with Crippen LogP contribution in [0.25, 0.3) is 0 Å². The molecule has 1 rings (SSSR count). The number of benzene rings is 1. The molecule has 0 aliphatic heterocycles. The molecule has 1 aromatic carbocycles. The van der Waals surface area contributed by atoms with Gasteiger partial charge in [0.05, 0.1) is 11.7 Å². The third-order valence-corrected chi connectivity index (χ3v) is 5.40. The van der Waals surface area contributed by atoms with Crippen molar-refractivity contribution in [3.63, 3.8) is 0 Å². The lowest BCUT2D eigenvalue weighted by Crippen LogP contribution is -2.41. The van der Waals surface area contributed by atoms with Crippen molar-refractivity contribution in [2.75, 3.05) is 17.3 Å². The normalized spacial score (nSPS) is 13.0. The molecule has 6 nitrogen and oxygen atoms in total. The van der Waals surface area contributed by atoms with Crippen molar-refractivity contribution in [3.05, 3.63) is 23.8 Å². The van der Waals surface area contributed by atoms with Crippen molar-refractivity contribution in [3.8, 4) is 0 Å². The van der Waals surface area contributed by atoms with E-state index in [-0.39, 0.29) is 12.4 Å². The van der Waals surface area contributed by atoms with Crippen LogP contribution in [-0.4, -0.2) is 37.9 Å². The molecule has 0 saturated heterocycles. The summed E-state index contributed by atoms with van der Waals surface area (Å²) in [5.41, 5.74) is 4.38. The van der Waals surface area contributed by atoms with E-state index in [0.29, 0.717) is 18.2 Å². The topological polar surface area (TPSA) is 101 Å². The monoisotopic (exact) mass is 431 g/mol. The van der Waals surface area contributed by atoms with Gasteiger partial charge >= 0.3 is 0 Å². The fourth-order valence-corrected chi connectivity index (χ4v) is 3.88. The van der Waals surface area contributed by atoms with Crippen molar-refractivity contribution < 1.29 is 22.0 Å². The zero-order valence-electron chi connectivity index (χ0n) is 14.9. The first-order valence-corrected chi connectivity index (χ1v) is 10.3. The second-order valence-corrected chi connectivity index (χ2v) is 9.13. The van der Waals surface area contributed by atoms with E-state index >= 15 is 0 Å². The van der Waals surface area contributed by atoms with E-state index in [9.17, 15) is 22.0 Å². The molecule has 0 heterocycles. The Hall–Kier alpha value is -0.940. The van der Waals surface area contributed by atoms with Crippen LogP contribution in [0.5, 0.6) is 0 Å². The lowest BCUT2D eigenvalue weighted by Gasteiger charge is -2.21. The zero-order chi connectivity index (χ0) is 19.4. The van der Waals surface area contributed by atoms with E-state index < -0.39 is 49.7 Å². The van der Waals surface area contributed by atoms with Gasteiger partial charge in [0.2, 0.25) is 15.9 Å². The van der Waals surface area contributed by atoms with Crippen molar-refractivity contribution >= 4 is 45.8 Å². The molecule has 0 spiro atoms. The number of nitrogens with one attached hydrogen (secondary N) is 2. The lowest BCUT2D eigenvalue weighted by atomic mass is 10.1. The summed E-state index contributed by atoms with van der Waals surface area (Å²) in [4.78, 5) is 11.2. The molecule has 0 fully saturated rings. The highest BCUT2D eigenvalue weighted by atomic mass is 35.5. The maximum Gasteiger partial charge on any atom is 0.244 e. The van der Waals surface area contributed by atoms with E-state index in [2.05, 4.69) is 10.0 Å². The highest BCUT2D eigenvalue weighted by Gasteiger charge is 2.27. The van der Waals surface area contributed by atoms with Crippen molar-refractivity contribution in [1.82, 2.24) is 4.72 Å². The highest BCUT2D eigenvalue weighted by Crippen LogP contribution is 2.24. The molecule has 4 N–H and O–H groups in total. The fourth-order valence-electron chi connectivity index (χ4n) is 1.89. The van der Waals surface area contributed by atoms with Crippen molar-refractivity contribution in [2.24, 2.45) is 5.73 Å². The van der Waals surface area contributed by atoms with E-state index in [4.69, 9.17) is 5.73 Å². The minimum Gasteiger partial charge on any atom is -0.322 e. The molecule has 0 aliphatic rings. The summed E-state index contributed by atoms with van der Waals surface area (Å²) < 4.78 is 54.7. The van der Waals surface area contributed by atoms with Crippen LogP contribution < -0.4 is 15.8 Å². The first kappa shape index (κ1) is 25.1. The van der Waals surface area contributed by atoms with Crippen LogP contribution in [0.1, 0.15) is 27.2 Å². The Bertz CT molecular complexity index is 740. The number of nitrogens with two attached hydrogens (primary N) is 1. The van der Waals surface area contributed by atoms with Crippen LogP contribution in [0, 0.1) is 11.6 Å². The second kappa shape index (κ2) is 9.84. The number of sulfonamides is 1. The summed E-state index contributed by atoms with van der Waals surface area (Å²) in [6.45, 7) is 4.75. The number of carbonyl (C=O) groups is 1. The standard InChI is InChI=1S/C15H23F2N3O3S2.ClH/c1-15(2,3)20-25(22,23)13-8-12(9(16)7-10(13)17)19-14(21)11(18)5-6-24-4;/h7-8,11,20H,5-6,18H2,1-4H3,(H,19,21);1H/t11-;/m0./s1. The Labute approximate surface area is 163 Å². The number of thioether (sulfide) groups is 1. The summed E-state index contributed by atoms with van der Waals surface area (Å²) in [7, 11) is -4.24. The molecular weight excluding hydrogens is 408 g/mol. The molecule has 0 bridgehead atoms. The van der Waals surface area contributed by atoms with Gasteiger partial charge in [0, 0.05) is 11.6 Å². The number of hydrogen-bond donors (Lipinski definition) is 3. The summed E-state index contributed by atoms with van der Waals surface area (Å²) in [5.74, 6) is -2.38. The van der Waals surface area contributed by atoms with E-state index in [1.165, 1.54) is 11.8 Å². The van der Waals surface area contributed by atoms with Crippen LogP contribution >= 0.6 is 24.2 Å². The molecule has 0 saturated carbocycles. The highest BCUT2D eigenvalue weighted by molar-refractivity contribution is 7.98. The van der Waals surface area contributed by atoms with Gasteiger partial charge in [-0.25, -0.2) is 21.9 Å². The van der Waals surface area contributed by atoms with Gasteiger partial charge in [-0.1, -0.05) is 0 Å². The quantitative estimate of drug-likeness (QED) is 0.615. The molecule has 26 heavy (non-hydrogen) atoms. The number of carbonyl (C=O) groups excluding carboxylic acids is 1. The Balaban J connectivity index is 0.00000625. The average Bonchev–Trinajstić information content (AvgIpc) is 2.44.